The second kappa shape index (κ2) is 4.40. The van der Waals surface area contributed by atoms with Crippen molar-refractivity contribution in [3.63, 3.8) is 0 Å². The normalized spacial score (nSPS) is 11.1. The first-order valence-corrected chi connectivity index (χ1v) is 4.38. The molecular formula is C11H13F2O. The van der Waals surface area contributed by atoms with Crippen LogP contribution >= 0.6 is 0 Å². The Hall–Kier alpha value is -1.12. The summed E-state index contributed by atoms with van der Waals surface area (Å²) in [6.45, 7) is 4.79. The third-order valence-electron chi connectivity index (χ3n) is 1.87. The van der Waals surface area contributed by atoms with Gasteiger partial charge in [0.25, 0.3) is 0 Å². The van der Waals surface area contributed by atoms with E-state index >= 15 is 0 Å². The minimum atomic E-state index is -2.77. The maximum Gasteiger partial charge on any atom is 0.387 e. The van der Waals surface area contributed by atoms with E-state index in [1.165, 1.54) is 0 Å². The number of halogens is 2. The van der Waals surface area contributed by atoms with Crippen LogP contribution in [0.2, 0.25) is 0 Å². The van der Waals surface area contributed by atoms with Gasteiger partial charge in [0, 0.05) is 0 Å². The van der Waals surface area contributed by atoms with Gasteiger partial charge in [-0.2, -0.15) is 8.78 Å². The van der Waals surface area contributed by atoms with Crippen molar-refractivity contribution in [2.24, 2.45) is 0 Å². The predicted octanol–water partition coefficient (Wildman–Crippen LogP) is 3.53. The molecule has 1 radical (unpaired) electrons. The molecule has 14 heavy (non-hydrogen) atoms. The molecule has 0 saturated heterocycles. The standard InChI is InChI=1S/C11H13F2O/c1-7(2)9-4-8(3)5-10(6-9)14-11(12)13/h4-7,11H,1H2,2-3H3. The average Bonchev–Trinajstić information content (AvgIpc) is 2.01. The third kappa shape index (κ3) is 2.98. The zero-order valence-electron chi connectivity index (χ0n) is 8.26. The van der Waals surface area contributed by atoms with E-state index in [0.717, 1.165) is 11.1 Å². The Morgan fingerprint density at radius 3 is 2.43 bits per heavy atom. The second-order valence-corrected chi connectivity index (χ2v) is 3.36. The smallest absolute Gasteiger partial charge is 0.387 e. The lowest BCUT2D eigenvalue weighted by molar-refractivity contribution is -0.0499. The molecule has 0 aliphatic heterocycles. The molecule has 1 aromatic carbocycles. The summed E-state index contributed by atoms with van der Waals surface area (Å²) >= 11 is 0. The van der Waals surface area contributed by atoms with Gasteiger partial charge >= 0.3 is 6.61 Å². The minimum Gasteiger partial charge on any atom is -0.435 e. The van der Waals surface area contributed by atoms with Crippen molar-refractivity contribution in [1.82, 2.24) is 0 Å². The predicted molar refractivity (Wildman–Crippen MR) is 51.6 cm³/mol. The number of aryl methyl sites for hydroxylation is 1. The van der Waals surface area contributed by atoms with Gasteiger partial charge in [-0.05, 0) is 43.0 Å². The van der Waals surface area contributed by atoms with Crippen LogP contribution in [0.5, 0.6) is 5.75 Å². The number of hydrogen-bond acceptors (Lipinski definition) is 1. The Balaban J connectivity index is 2.95. The first-order chi connectivity index (χ1) is 6.49. The molecule has 1 aromatic rings. The van der Waals surface area contributed by atoms with Gasteiger partial charge < -0.3 is 4.74 Å². The fourth-order valence-corrected chi connectivity index (χ4v) is 1.23. The lowest BCUT2D eigenvalue weighted by atomic mass is 10.0. The van der Waals surface area contributed by atoms with Crippen LogP contribution in [0.4, 0.5) is 8.78 Å². The lowest BCUT2D eigenvalue weighted by Gasteiger charge is -2.10. The monoisotopic (exact) mass is 199 g/mol. The van der Waals surface area contributed by atoms with Crippen molar-refractivity contribution >= 4 is 0 Å². The first-order valence-electron chi connectivity index (χ1n) is 4.38. The van der Waals surface area contributed by atoms with Crippen LogP contribution in [-0.2, 0) is 0 Å². The molecule has 3 heteroatoms. The second-order valence-electron chi connectivity index (χ2n) is 3.36. The molecule has 1 rings (SSSR count). The van der Waals surface area contributed by atoms with E-state index in [1.807, 2.05) is 19.9 Å². The molecule has 0 heterocycles. The number of benzene rings is 1. The Morgan fingerprint density at radius 2 is 1.93 bits per heavy atom. The maximum absolute atomic E-state index is 11.9. The van der Waals surface area contributed by atoms with Crippen molar-refractivity contribution in [3.8, 4) is 5.75 Å². The highest BCUT2D eigenvalue weighted by Crippen LogP contribution is 2.23. The molecule has 0 bridgehead atoms. The van der Waals surface area contributed by atoms with Crippen molar-refractivity contribution < 1.29 is 13.5 Å². The summed E-state index contributed by atoms with van der Waals surface area (Å²) in [6.07, 6.45) is 0. The number of ether oxygens (including phenoxy) is 1. The fraction of sp³-hybridized carbons (Fsp3) is 0.364. The van der Waals surface area contributed by atoms with E-state index in [4.69, 9.17) is 0 Å². The van der Waals surface area contributed by atoms with Gasteiger partial charge in [0.2, 0.25) is 0 Å². The largest absolute Gasteiger partial charge is 0.435 e. The molecule has 1 unspecified atom stereocenters. The van der Waals surface area contributed by atoms with E-state index in [2.05, 4.69) is 11.7 Å². The molecule has 77 valence electrons. The summed E-state index contributed by atoms with van der Waals surface area (Å²) in [5.74, 6) is 0.264. The Morgan fingerprint density at radius 1 is 1.29 bits per heavy atom. The highest BCUT2D eigenvalue weighted by molar-refractivity contribution is 5.35. The zero-order valence-corrected chi connectivity index (χ0v) is 8.26. The molecule has 0 aliphatic rings. The molecule has 0 amide bonds. The van der Waals surface area contributed by atoms with E-state index in [0.29, 0.717) is 0 Å². The van der Waals surface area contributed by atoms with Crippen molar-refractivity contribution in [2.75, 3.05) is 0 Å². The van der Waals surface area contributed by atoms with E-state index < -0.39 is 6.61 Å². The lowest BCUT2D eigenvalue weighted by Crippen LogP contribution is -2.03. The summed E-state index contributed by atoms with van der Waals surface area (Å²) in [5.41, 5.74) is 1.80. The minimum absolute atomic E-state index is 0.0647. The van der Waals surface area contributed by atoms with Crippen LogP contribution < -0.4 is 4.74 Å². The fourth-order valence-electron chi connectivity index (χ4n) is 1.23. The summed E-state index contributed by atoms with van der Waals surface area (Å²) in [5, 5.41) is 0. The van der Waals surface area contributed by atoms with Crippen molar-refractivity contribution in [1.29, 1.82) is 0 Å². The summed E-state index contributed by atoms with van der Waals surface area (Å²) in [7, 11) is 0. The van der Waals surface area contributed by atoms with E-state index in [-0.39, 0.29) is 11.7 Å². The molecular weight excluding hydrogens is 186 g/mol. The Labute approximate surface area is 82.7 Å². The van der Waals surface area contributed by atoms with E-state index in [9.17, 15) is 8.78 Å². The maximum atomic E-state index is 11.9. The Kier molecular flexibility index (Phi) is 3.44. The highest BCUT2D eigenvalue weighted by atomic mass is 19.3. The van der Waals surface area contributed by atoms with Crippen molar-refractivity contribution in [3.05, 3.63) is 36.2 Å². The van der Waals surface area contributed by atoms with Crippen LogP contribution in [0.25, 0.3) is 0 Å². The SMILES string of the molecule is [CH2]C(C)c1cc(C)cc(OC(F)F)c1. The van der Waals surface area contributed by atoms with Gasteiger partial charge in [-0.1, -0.05) is 13.0 Å². The van der Waals surface area contributed by atoms with Crippen LogP contribution in [-0.4, -0.2) is 6.61 Å². The molecule has 0 spiro atoms. The van der Waals surface area contributed by atoms with Gasteiger partial charge in [-0.25, -0.2) is 0 Å². The van der Waals surface area contributed by atoms with Crippen LogP contribution in [0, 0.1) is 13.8 Å². The molecule has 0 aliphatic carbocycles. The molecule has 0 saturated carbocycles. The van der Waals surface area contributed by atoms with Gasteiger partial charge in [0.05, 0.1) is 0 Å². The molecule has 0 N–H and O–H groups in total. The van der Waals surface area contributed by atoms with E-state index in [1.54, 1.807) is 12.1 Å². The molecule has 0 fully saturated rings. The van der Waals surface area contributed by atoms with Crippen LogP contribution in [0.15, 0.2) is 18.2 Å². The topological polar surface area (TPSA) is 9.23 Å². The number of alkyl halides is 2. The van der Waals surface area contributed by atoms with Gasteiger partial charge in [0.1, 0.15) is 5.75 Å². The highest BCUT2D eigenvalue weighted by Gasteiger charge is 2.07. The summed E-state index contributed by atoms with van der Waals surface area (Å²) < 4.78 is 28.2. The van der Waals surface area contributed by atoms with Gasteiger partial charge in [-0.15, -0.1) is 0 Å². The summed E-state index contributed by atoms with van der Waals surface area (Å²) in [4.78, 5) is 0. The summed E-state index contributed by atoms with van der Waals surface area (Å²) in [6, 6.07) is 5.09. The quantitative estimate of drug-likeness (QED) is 0.723. The third-order valence-corrected chi connectivity index (χ3v) is 1.87. The number of hydrogen-bond donors (Lipinski definition) is 0. The molecule has 0 aromatic heterocycles. The first kappa shape index (κ1) is 11.0. The van der Waals surface area contributed by atoms with Gasteiger partial charge in [-0.3, -0.25) is 0 Å². The molecule has 1 nitrogen and oxygen atoms in total. The average molecular weight is 199 g/mol. The molecule has 1 atom stereocenters. The van der Waals surface area contributed by atoms with Crippen molar-refractivity contribution in [2.45, 2.75) is 26.4 Å². The Bertz CT molecular complexity index is 308. The van der Waals surface area contributed by atoms with Crippen LogP contribution in [0.1, 0.15) is 24.0 Å². The zero-order chi connectivity index (χ0) is 10.7. The number of rotatable bonds is 3. The van der Waals surface area contributed by atoms with Crippen LogP contribution in [0.3, 0.4) is 0 Å². The van der Waals surface area contributed by atoms with Gasteiger partial charge in [0.15, 0.2) is 0 Å².